The highest BCUT2D eigenvalue weighted by molar-refractivity contribution is 5.60. The molecule has 0 fully saturated rings. The van der Waals surface area contributed by atoms with Gasteiger partial charge in [0.2, 0.25) is 5.78 Å². The average Bonchev–Trinajstić information content (AvgIpc) is 2.83. The Hall–Kier alpha value is -2.47. The first-order valence-corrected chi connectivity index (χ1v) is 5.93. The Labute approximate surface area is 108 Å². The molecule has 6 nitrogen and oxygen atoms in total. The standard InChI is InChI=1S/C13H13N5O/c1-8-2-4-9(5-3-8)10-6-12(19)18-11(7-14)16-17-13(18)15-10/h2-6H,7,14H2,1H3,(H,15,17). The van der Waals surface area contributed by atoms with Gasteiger partial charge in [-0.2, -0.15) is 5.10 Å². The Kier molecular flexibility index (Phi) is 2.64. The van der Waals surface area contributed by atoms with E-state index in [-0.39, 0.29) is 12.1 Å². The van der Waals surface area contributed by atoms with Gasteiger partial charge < -0.3 is 5.73 Å². The van der Waals surface area contributed by atoms with Gasteiger partial charge in [-0.25, -0.2) is 14.5 Å². The summed E-state index contributed by atoms with van der Waals surface area (Å²) in [7, 11) is 0. The van der Waals surface area contributed by atoms with Crippen LogP contribution < -0.4 is 11.3 Å². The Bertz CT molecular complexity index is 785. The van der Waals surface area contributed by atoms with Crippen LogP contribution in [0.1, 0.15) is 11.4 Å². The highest BCUT2D eigenvalue weighted by Gasteiger charge is 2.09. The Morgan fingerprint density at radius 3 is 2.74 bits per heavy atom. The van der Waals surface area contributed by atoms with Gasteiger partial charge in [0.05, 0.1) is 12.2 Å². The highest BCUT2D eigenvalue weighted by atomic mass is 16.1. The number of nitrogens with two attached hydrogens (primary N) is 1. The van der Waals surface area contributed by atoms with Crippen molar-refractivity contribution in [3.8, 4) is 11.3 Å². The summed E-state index contributed by atoms with van der Waals surface area (Å²) in [5.41, 5.74) is 8.02. The average molecular weight is 255 g/mol. The summed E-state index contributed by atoms with van der Waals surface area (Å²) in [5, 5.41) is 6.70. The number of nitrogens with zero attached hydrogens (tertiary/aromatic N) is 3. The van der Waals surface area contributed by atoms with E-state index in [1.54, 1.807) is 0 Å². The Morgan fingerprint density at radius 2 is 2.05 bits per heavy atom. The molecule has 0 amide bonds. The molecule has 0 atom stereocenters. The molecule has 0 unspecified atom stereocenters. The molecule has 2 heterocycles. The van der Waals surface area contributed by atoms with Gasteiger partial charge in [-0.3, -0.25) is 4.79 Å². The third kappa shape index (κ3) is 1.92. The summed E-state index contributed by atoms with van der Waals surface area (Å²) in [4.78, 5) is 16.5. The Morgan fingerprint density at radius 1 is 1.32 bits per heavy atom. The van der Waals surface area contributed by atoms with E-state index in [1.807, 2.05) is 31.2 Å². The first-order valence-electron chi connectivity index (χ1n) is 5.93. The molecule has 3 rings (SSSR count). The molecule has 3 aromatic rings. The number of fused-ring (bicyclic) bond motifs is 1. The van der Waals surface area contributed by atoms with Crippen LogP contribution >= 0.6 is 0 Å². The molecule has 96 valence electrons. The number of hydrogen-bond acceptors (Lipinski definition) is 4. The van der Waals surface area contributed by atoms with Gasteiger partial charge in [0.25, 0.3) is 5.56 Å². The second kappa shape index (κ2) is 4.33. The van der Waals surface area contributed by atoms with Crippen LogP contribution in [-0.4, -0.2) is 19.6 Å². The number of rotatable bonds is 2. The van der Waals surface area contributed by atoms with Crippen LogP contribution in [0.3, 0.4) is 0 Å². The molecule has 0 aliphatic carbocycles. The number of hydrogen-bond donors (Lipinski definition) is 2. The highest BCUT2D eigenvalue weighted by Crippen LogP contribution is 2.16. The molecule has 19 heavy (non-hydrogen) atoms. The van der Waals surface area contributed by atoms with Crippen LogP contribution in [0.2, 0.25) is 0 Å². The lowest BCUT2D eigenvalue weighted by Crippen LogP contribution is -2.17. The normalized spacial score (nSPS) is 11.1. The molecule has 3 N–H and O–H groups in total. The van der Waals surface area contributed by atoms with Gasteiger partial charge in [0.1, 0.15) is 0 Å². The quantitative estimate of drug-likeness (QED) is 0.710. The fourth-order valence-electron chi connectivity index (χ4n) is 1.98. The van der Waals surface area contributed by atoms with E-state index in [2.05, 4.69) is 15.2 Å². The van der Waals surface area contributed by atoms with Gasteiger partial charge in [-0.05, 0) is 6.92 Å². The van der Waals surface area contributed by atoms with E-state index in [4.69, 9.17) is 5.73 Å². The zero-order chi connectivity index (χ0) is 13.4. The van der Waals surface area contributed by atoms with Crippen molar-refractivity contribution in [2.75, 3.05) is 0 Å². The van der Waals surface area contributed by atoms with E-state index in [0.717, 1.165) is 11.1 Å². The smallest absolute Gasteiger partial charge is 0.261 e. The molecule has 0 bridgehead atoms. The largest absolute Gasteiger partial charge is 0.324 e. The maximum absolute atomic E-state index is 12.1. The minimum absolute atomic E-state index is 0.185. The van der Waals surface area contributed by atoms with Gasteiger partial charge in [0.15, 0.2) is 5.82 Å². The zero-order valence-corrected chi connectivity index (χ0v) is 10.4. The number of aromatic nitrogens is 4. The summed E-state index contributed by atoms with van der Waals surface area (Å²) in [5.74, 6) is 0.881. The summed E-state index contributed by atoms with van der Waals surface area (Å²) >= 11 is 0. The predicted octanol–water partition coefficient (Wildman–Crippen LogP) is 0.852. The predicted molar refractivity (Wildman–Crippen MR) is 71.7 cm³/mol. The molecule has 0 aliphatic rings. The van der Waals surface area contributed by atoms with Crippen molar-refractivity contribution in [3.05, 3.63) is 52.1 Å². The lowest BCUT2D eigenvalue weighted by atomic mass is 10.1. The second-order valence-corrected chi connectivity index (χ2v) is 4.35. The van der Waals surface area contributed by atoms with Crippen LogP contribution in [0, 0.1) is 6.92 Å². The van der Waals surface area contributed by atoms with Gasteiger partial charge in [0, 0.05) is 11.6 Å². The topological polar surface area (TPSA) is 89.1 Å². The molecule has 2 aromatic heterocycles. The number of benzene rings is 1. The van der Waals surface area contributed by atoms with Crippen LogP contribution in [0.25, 0.3) is 17.0 Å². The second-order valence-electron chi connectivity index (χ2n) is 4.35. The van der Waals surface area contributed by atoms with Gasteiger partial charge in [-0.1, -0.05) is 29.8 Å². The molecule has 0 saturated heterocycles. The van der Waals surface area contributed by atoms with E-state index in [1.165, 1.54) is 10.5 Å². The number of nitrogens with one attached hydrogen (secondary N) is 1. The molecule has 0 radical (unpaired) electrons. The molecule has 0 aliphatic heterocycles. The van der Waals surface area contributed by atoms with Crippen LogP contribution in [0.4, 0.5) is 0 Å². The first kappa shape index (κ1) is 11.6. The van der Waals surface area contributed by atoms with Crippen LogP contribution in [0.5, 0.6) is 0 Å². The fourth-order valence-corrected chi connectivity index (χ4v) is 1.98. The van der Waals surface area contributed by atoms with Crippen molar-refractivity contribution in [3.63, 3.8) is 0 Å². The third-order valence-electron chi connectivity index (χ3n) is 2.99. The molecule has 0 spiro atoms. The third-order valence-corrected chi connectivity index (χ3v) is 2.99. The van der Waals surface area contributed by atoms with Crippen LogP contribution in [-0.2, 0) is 6.54 Å². The molecular weight excluding hydrogens is 242 g/mol. The fraction of sp³-hybridized carbons (Fsp3) is 0.154. The molecular formula is C13H13N5O. The minimum Gasteiger partial charge on any atom is -0.324 e. The van der Waals surface area contributed by atoms with Gasteiger partial charge in [-0.15, -0.1) is 0 Å². The number of H-pyrrole nitrogens is 1. The first-order chi connectivity index (χ1) is 9.19. The zero-order valence-electron chi connectivity index (χ0n) is 10.4. The monoisotopic (exact) mass is 255 g/mol. The van der Waals surface area contributed by atoms with E-state index in [9.17, 15) is 4.79 Å². The summed E-state index contributed by atoms with van der Waals surface area (Å²) in [6.45, 7) is 2.20. The SMILES string of the molecule is Cc1ccc(-c2cc(=O)n3c(CN)n[nH]c3n2)cc1. The van der Waals surface area contributed by atoms with E-state index >= 15 is 0 Å². The summed E-state index contributed by atoms with van der Waals surface area (Å²) < 4.78 is 1.39. The molecule has 6 heteroatoms. The van der Waals surface area contributed by atoms with Gasteiger partial charge >= 0.3 is 0 Å². The van der Waals surface area contributed by atoms with Crippen molar-refractivity contribution in [2.24, 2.45) is 5.73 Å². The van der Waals surface area contributed by atoms with Crippen molar-refractivity contribution in [1.29, 1.82) is 0 Å². The van der Waals surface area contributed by atoms with E-state index in [0.29, 0.717) is 17.3 Å². The maximum Gasteiger partial charge on any atom is 0.261 e. The lowest BCUT2D eigenvalue weighted by molar-refractivity contribution is 0.867. The minimum atomic E-state index is -0.185. The van der Waals surface area contributed by atoms with E-state index < -0.39 is 0 Å². The molecule has 1 aromatic carbocycles. The number of aromatic amines is 1. The summed E-state index contributed by atoms with van der Waals surface area (Å²) in [6, 6.07) is 9.34. The van der Waals surface area contributed by atoms with Crippen molar-refractivity contribution < 1.29 is 0 Å². The molecule has 0 saturated carbocycles. The lowest BCUT2D eigenvalue weighted by Gasteiger charge is -2.02. The maximum atomic E-state index is 12.1. The van der Waals surface area contributed by atoms with Crippen molar-refractivity contribution in [1.82, 2.24) is 19.6 Å². The summed E-state index contributed by atoms with van der Waals surface area (Å²) in [6.07, 6.45) is 0. The van der Waals surface area contributed by atoms with Crippen molar-refractivity contribution >= 4 is 5.78 Å². The Balaban J connectivity index is 2.21. The number of aryl methyl sites for hydroxylation is 1. The van der Waals surface area contributed by atoms with Crippen molar-refractivity contribution in [2.45, 2.75) is 13.5 Å². The van der Waals surface area contributed by atoms with Crippen LogP contribution in [0.15, 0.2) is 35.1 Å².